The molecule has 2 amide bonds. The molecule has 3 N–H and O–H groups in total. The number of nitrogens with one attached hydrogen (secondary N) is 3. The fraction of sp³-hybridized carbons (Fsp3) is 0.250. The van der Waals surface area contributed by atoms with Gasteiger partial charge in [-0.3, -0.25) is 9.59 Å². The molecule has 0 bridgehead atoms. The van der Waals surface area contributed by atoms with Crippen LogP contribution in [0.5, 0.6) is 0 Å². The van der Waals surface area contributed by atoms with Crippen molar-refractivity contribution >= 4 is 34.6 Å². The Balaban J connectivity index is 1.38. The van der Waals surface area contributed by atoms with Crippen LogP contribution in [0.2, 0.25) is 0 Å². The quantitative estimate of drug-likeness (QED) is 0.433. The van der Waals surface area contributed by atoms with Crippen molar-refractivity contribution in [2.45, 2.75) is 19.0 Å². The van der Waals surface area contributed by atoms with Crippen LogP contribution in [0.25, 0.3) is 11.0 Å². The van der Waals surface area contributed by atoms with Crippen molar-refractivity contribution in [1.82, 2.24) is 20.6 Å². The first kappa shape index (κ1) is 19.0. The molecular formula is C20H22N4O2S. The SMILES string of the molecule is Cc1ccc(C(=O)NCCNC(=O)CSc2nc3ccc(C)cc3[nH]2)cc1. The monoisotopic (exact) mass is 382 g/mol. The molecule has 7 heteroatoms. The summed E-state index contributed by atoms with van der Waals surface area (Å²) in [5.74, 6) is 0.0301. The highest BCUT2D eigenvalue weighted by molar-refractivity contribution is 7.99. The molecule has 0 atom stereocenters. The number of benzene rings is 2. The highest BCUT2D eigenvalue weighted by atomic mass is 32.2. The number of amides is 2. The van der Waals surface area contributed by atoms with Crippen molar-refractivity contribution in [3.8, 4) is 0 Å². The number of fused-ring (bicyclic) bond motifs is 1. The minimum absolute atomic E-state index is 0.0961. The maximum absolute atomic E-state index is 12.0. The summed E-state index contributed by atoms with van der Waals surface area (Å²) >= 11 is 1.36. The Labute approximate surface area is 162 Å². The molecule has 0 aliphatic carbocycles. The summed E-state index contributed by atoms with van der Waals surface area (Å²) in [5, 5.41) is 6.31. The van der Waals surface area contributed by atoms with Crippen molar-refractivity contribution in [1.29, 1.82) is 0 Å². The van der Waals surface area contributed by atoms with Gasteiger partial charge in [0.25, 0.3) is 5.91 Å². The normalized spacial score (nSPS) is 10.7. The number of carbonyl (C=O) groups is 2. The molecule has 0 spiro atoms. The molecule has 0 radical (unpaired) electrons. The van der Waals surface area contributed by atoms with E-state index in [2.05, 4.69) is 20.6 Å². The fourth-order valence-corrected chi connectivity index (χ4v) is 3.25. The van der Waals surface area contributed by atoms with Crippen molar-refractivity contribution in [2.75, 3.05) is 18.8 Å². The average molecular weight is 382 g/mol. The Morgan fingerprint density at radius 3 is 2.48 bits per heavy atom. The van der Waals surface area contributed by atoms with E-state index >= 15 is 0 Å². The number of hydrogen-bond donors (Lipinski definition) is 3. The van der Waals surface area contributed by atoms with Gasteiger partial charge in [0.2, 0.25) is 5.91 Å². The molecule has 27 heavy (non-hydrogen) atoms. The molecular weight excluding hydrogens is 360 g/mol. The average Bonchev–Trinajstić information content (AvgIpc) is 3.06. The van der Waals surface area contributed by atoms with E-state index in [-0.39, 0.29) is 17.6 Å². The number of aromatic nitrogens is 2. The Kier molecular flexibility index (Phi) is 6.13. The molecule has 0 aliphatic heterocycles. The summed E-state index contributed by atoms with van der Waals surface area (Å²) in [5.41, 5.74) is 4.74. The lowest BCUT2D eigenvalue weighted by atomic mass is 10.1. The van der Waals surface area contributed by atoms with Gasteiger partial charge in [-0.1, -0.05) is 35.5 Å². The molecule has 1 heterocycles. The van der Waals surface area contributed by atoms with Gasteiger partial charge in [0.1, 0.15) is 0 Å². The number of aromatic amines is 1. The lowest BCUT2D eigenvalue weighted by Gasteiger charge is -2.07. The van der Waals surface area contributed by atoms with Crippen molar-refractivity contribution in [3.05, 3.63) is 59.2 Å². The van der Waals surface area contributed by atoms with Gasteiger partial charge in [-0.2, -0.15) is 0 Å². The van der Waals surface area contributed by atoms with Gasteiger partial charge in [-0.15, -0.1) is 0 Å². The predicted octanol–water partition coefficient (Wildman–Crippen LogP) is 2.82. The lowest BCUT2D eigenvalue weighted by Crippen LogP contribution is -2.35. The van der Waals surface area contributed by atoms with E-state index in [1.54, 1.807) is 12.1 Å². The standard InChI is InChI=1S/C20H22N4O2S/c1-13-3-6-15(7-4-13)19(26)22-10-9-21-18(25)12-27-20-23-16-8-5-14(2)11-17(16)24-20/h3-8,11H,9-10,12H2,1-2H3,(H,21,25)(H,22,26)(H,23,24). The third-order valence-corrected chi connectivity index (χ3v) is 4.88. The van der Waals surface area contributed by atoms with E-state index in [4.69, 9.17) is 0 Å². The zero-order valence-electron chi connectivity index (χ0n) is 15.3. The number of hydrogen-bond acceptors (Lipinski definition) is 4. The molecule has 0 aliphatic rings. The highest BCUT2D eigenvalue weighted by Crippen LogP contribution is 2.20. The Morgan fingerprint density at radius 1 is 1.00 bits per heavy atom. The van der Waals surface area contributed by atoms with Crippen LogP contribution in [-0.4, -0.2) is 40.6 Å². The Hall–Kier alpha value is -2.80. The number of H-pyrrole nitrogens is 1. The number of carbonyl (C=O) groups excluding carboxylic acids is 2. The minimum Gasteiger partial charge on any atom is -0.354 e. The maximum Gasteiger partial charge on any atom is 0.251 e. The van der Waals surface area contributed by atoms with E-state index in [1.165, 1.54) is 11.8 Å². The zero-order valence-corrected chi connectivity index (χ0v) is 16.2. The second-order valence-electron chi connectivity index (χ2n) is 6.32. The van der Waals surface area contributed by atoms with Crippen LogP contribution in [-0.2, 0) is 4.79 Å². The summed E-state index contributed by atoms with van der Waals surface area (Å²) in [7, 11) is 0. The predicted molar refractivity (Wildman–Crippen MR) is 108 cm³/mol. The van der Waals surface area contributed by atoms with E-state index in [0.717, 1.165) is 27.3 Å². The van der Waals surface area contributed by atoms with E-state index in [1.807, 2.05) is 44.2 Å². The van der Waals surface area contributed by atoms with Crippen LogP contribution in [0, 0.1) is 13.8 Å². The van der Waals surface area contributed by atoms with Crippen LogP contribution in [0.4, 0.5) is 0 Å². The van der Waals surface area contributed by atoms with Crippen molar-refractivity contribution in [3.63, 3.8) is 0 Å². The highest BCUT2D eigenvalue weighted by Gasteiger charge is 2.08. The molecule has 2 aromatic carbocycles. The van der Waals surface area contributed by atoms with E-state index in [9.17, 15) is 9.59 Å². The molecule has 3 rings (SSSR count). The Bertz CT molecular complexity index is 950. The number of imidazole rings is 1. The van der Waals surface area contributed by atoms with Crippen LogP contribution < -0.4 is 10.6 Å². The third-order valence-electron chi connectivity index (χ3n) is 4.00. The molecule has 1 aromatic heterocycles. The largest absolute Gasteiger partial charge is 0.354 e. The number of nitrogens with zero attached hydrogens (tertiary/aromatic N) is 1. The molecule has 3 aromatic rings. The number of rotatable bonds is 7. The van der Waals surface area contributed by atoms with Gasteiger partial charge in [-0.05, 0) is 43.7 Å². The maximum atomic E-state index is 12.0. The van der Waals surface area contributed by atoms with Gasteiger partial charge < -0.3 is 15.6 Å². The first-order chi connectivity index (χ1) is 13.0. The zero-order chi connectivity index (χ0) is 19.2. The first-order valence-corrected chi connectivity index (χ1v) is 9.70. The summed E-state index contributed by atoms with van der Waals surface area (Å²) in [4.78, 5) is 31.6. The smallest absolute Gasteiger partial charge is 0.251 e. The molecule has 0 unspecified atom stereocenters. The van der Waals surface area contributed by atoms with Crippen LogP contribution >= 0.6 is 11.8 Å². The van der Waals surface area contributed by atoms with Gasteiger partial charge in [0.15, 0.2) is 5.16 Å². The Morgan fingerprint density at radius 2 is 1.70 bits per heavy atom. The summed E-state index contributed by atoms with van der Waals surface area (Å²) < 4.78 is 0. The van der Waals surface area contributed by atoms with Gasteiger partial charge in [0, 0.05) is 18.7 Å². The fourth-order valence-electron chi connectivity index (χ4n) is 2.54. The van der Waals surface area contributed by atoms with Crippen molar-refractivity contribution in [2.24, 2.45) is 0 Å². The third kappa shape index (κ3) is 5.34. The van der Waals surface area contributed by atoms with Crippen LogP contribution in [0.15, 0.2) is 47.6 Å². The second-order valence-corrected chi connectivity index (χ2v) is 7.29. The number of thioether (sulfide) groups is 1. The summed E-state index contributed by atoms with van der Waals surface area (Å²) in [6.07, 6.45) is 0. The minimum atomic E-state index is -0.142. The van der Waals surface area contributed by atoms with E-state index in [0.29, 0.717) is 18.7 Å². The molecule has 140 valence electrons. The van der Waals surface area contributed by atoms with Crippen LogP contribution in [0.3, 0.4) is 0 Å². The summed E-state index contributed by atoms with van der Waals surface area (Å²) in [6, 6.07) is 13.4. The number of aryl methyl sites for hydroxylation is 2. The van der Waals surface area contributed by atoms with Crippen LogP contribution in [0.1, 0.15) is 21.5 Å². The van der Waals surface area contributed by atoms with E-state index < -0.39 is 0 Å². The first-order valence-electron chi connectivity index (χ1n) is 8.72. The van der Waals surface area contributed by atoms with Crippen molar-refractivity contribution < 1.29 is 9.59 Å². The van der Waals surface area contributed by atoms with Gasteiger partial charge in [-0.25, -0.2) is 4.98 Å². The summed E-state index contributed by atoms with van der Waals surface area (Å²) in [6.45, 7) is 4.77. The molecule has 6 nitrogen and oxygen atoms in total. The molecule has 0 saturated heterocycles. The molecule has 0 fully saturated rings. The second kappa shape index (κ2) is 8.73. The topological polar surface area (TPSA) is 86.9 Å². The molecule has 0 saturated carbocycles. The van der Waals surface area contributed by atoms with Gasteiger partial charge in [0.05, 0.1) is 16.8 Å². The lowest BCUT2D eigenvalue weighted by molar-refractivity contribution is -0.118. The van der Waals surface area contributed by atoms with Gasteiger partial charge >= 0.3 is 0 Å².